The highest BCUT2D eigenvalue weighted by Crippen LogP contribution is 2.36. The third-order valence-corrected chi connectivity index (χ3v) is 7.45. The van der Waals surface area contributed by atoms with Gasteiger partial charge in [-0.1, -0.05) is 41.6 Å². The topological polar surface area (TPSA) is 95.3 Å². The van der Waals surface area contributed by atoms with E-state index in [1.165, 1.54) is 30.2 Å². The molecule has 4 rings (SSSR count). The van der Waals surface area contributed by atoms with E-state index in [-0.39, 0.29) is 11.7 Å². The fourth-order valence-electron chi connectivity index (χ4n) is 3.75. The Kier molecular flexibility index (Phi) is 8.62. The van der Waals surface area contributed by atoms with E-state index in [2.05, 4.69) is 15.5 Å². The number of nitrogens with zero attached hydrogens (tertiary/aromatic N) is 3. The molecule has 0 aliphatic heterocycles. The predicted octanol–water partition coefficient (Wildman–Crippen LogP) is 5.92. The highest BCUT2D eigenvalue weighted by Gasteiger charge is 2.23. The molecular formula is C27H28N4O4S2. The fourth-order valence-corrected chi connectivity index (χ4v) is 5.53. The molecule has 8 nitrogen and oxygen atoms in total. The number of hydrogen-bond acceptors (Lipinski definition) is 8. The summed E-state index contributed by atoms with van der Waals surface area (Å²) in [5, 5.41) is 14.5. The molecule has 0 radical (unpaired) electrons. The minimum Gasteiger partial charge on any atom is -0.494 e. The number of aryl methyl sites for hydroxylation is 1. The fraction of sp³-hybridized carbons (Fsp3) is 0.259. The molecule has 0 unspecified atom stereocenters. The number of carbonyl (C=O) groups excluding carboxylic acids is 2. The zero-order valence-corrected chi connectivity index (χ0v) is 22.7. The molecule has 0 saturated carbocycles. The number of esters is 1. The number of thiophene rings is 1. The van der Waals surface area contributed by atoms with E-state index in [1.54, 1.807) is 0 Å². The lowest BCUT2D eigenvalue weighted by molar-refractivity contribution is -0.113. The number of aromatic nitrogens is 3. The number of carbonyl (C=O) groups is 2. The normalized spacial score (nSPS) is 10.8. The third-order valence-electron chi connectivity index (χ3n) is 5.59. The van der Waals surface area contributed by atoms with Crippen molar-refractivity contribution >= 4 is 40.0 Å². The first-order valence-corrected chi connectivity index (χ1v) is 13.7. The standard InChI is InChI=1S/C27H28N4O4S2/c1-5-31-24(19-11-13-20(14-12-19)35-6-2)29-30-27(31)37-16-22(32)28-25-23(26(33)34-4)21(15-36-25)18-9-7-17(3)8-10-18/h7-15H,5-6,16H2,1-4H3,(H,28,32). The van der Waals surface area contributed by atoms with Gasteiger partial charge in [0.1, 0.15) is 16.3 Å². The van der Waals surface area contributed by atoms with Crippen molar-refractivity contribution in [3.05, 3.63) is 65.0 Å². The van der Waals surface area contributed by atoms with Gasteiger partial charge >= 0.3 is 5.97 Å². The summed E-state index contributed by atoms with van der Waals surface area (Å²) in [6, 6.07) is 15.5. The lowest BCUT2D eigenvalue weighted by Crippen LogP contribution is -2.16. The van der Waals surface area contributed by atoms with Crippen molar-refractivity contribution in [2.75, 3.05) is 24.8 Å². The van der Waals surface area contributed by atoms with E-state index in [4.69, 9.17) is 9.47 Å². The Labute approximate surface area is 224 Å². The molecule has 0 spiro atoms. The Morgan fingerprint density at radius 2 is 1.73 bits per heavy atom. The van der Waals surface area contributed by atoms with Crippen LogP contribution in [-0.2, 0) is 16.1 Å². The smallest absolute Gasteiger partial charge is 0.341 e. The van der Waals surface area contributed by atoms with E-state index in [1.807, 2.05) is 79.2 Å². The van der Waals surface area contributed by atoms with Gasteiger partial charge < -0.3 is 19.4 Å². The average molecular weight is 537 g/mol. The summed E-state index contributed by atoms with van der Waals surface area (Å²) in [5.74, 6) is 0.888. The minimum atomic E-state index is -0.495. The number of anilines is 1. The third kappa shape index (κ3) is 6.03. The van der Waals surface area contributed by atoms with Gasteiger partial charge in [-0.25, -0.2) is 4.79 Å². The van der Waals surface area contributed by atoms with Crippen LogP contribution in [0.25, 0.3) is 22.5 Å². The summed E-state index contributed by atoms with van der Waals surface area (Å²) in [4.78, 5) is 25.5. The van der Waals surface area contributed by atoms with E-state index in [0.29, 0.717) is 28.9 Å². The Morgan fingerprint density at radius 1 is 1.03 bits per heavy atom. The lowest BCUT2D eigenvalue weighted by atomic mass is 10.0. The molecule has 10 heteroatoms. The van der Waals surface area contributed by atoms with Crippen molar-refractivity contribution in [2.24, 2.45) is 0 Å². The van der Waals surface area contributed by atoms with E-state index in [9.17, 15) is 9.59 Å². The monoisotopic (exact) mass is 536 g/mol. The van der Waals surface area contributed by atoms with Crippen molar-refractivity contribution < 1.29 is 19.1 Å². The first-order chi connectivity index (χ1) is 17.9. The molecule has 37 heavy (non-hydrogen) atoms. The van der Waals surface area contributed by atoms with Crippen molar-refractivity contribution in [1.82, 2.24) is 14.8 Å². The van der Waals surface area contributed by atoms with Gasteiger partial charge in [0.15, 0.2) is 11.0 Å². The number of benzene rings is 2. The molecule has 2 aromatic carbocycles. The first-order valence-electron chi connectivity index (χ1n) is 11.8. The van der Waals surface area contributed by atoms with E-state index >= 15 is 0 Å². The summed E-state index contributed by atoms with van der Waals surface area (Å²) >= 11 is 2.59. The van der Waals surface area contributed by atoms with Crippen LogP contribution >= 0.6 is 23.1 Å². The molecule has 0 saturated heterocycles. The van der Waals surface area contributed by atoms with Crippen LogP contribution in [0, 0.1) is 6.92 Å². The van der Waals surface area contributed by atoms with Crippen LogP contribution in [0.5, 0.6) is 5.75 Å². The van der Waals surface area contributed by atoms with Gasteiger partial charge in [0, 0.05) is 23.1 Å². The number of rotatable bonds is 10. The molecule has 2 heterocycles. The second kappa shape index (κ2) is 12.1. The van der Waals surface area contributed by atoms with Crippen LogP contribution in [0.3, 0.4) is 0 Å². The quantitative estimate of drug-likeness (QED) is 0.199. The first kappa shape index (κ1) is 26.4. The summed E-state index contributed by atoms with van der Waals surface area (Å²) < 4.78 is 12.5. The summed E-state index contributed by atoms with van der Waals surface area (Å²) in [7, 11) is 1.33. The number of nitrogens with one attached hydrogen (secondary N) is 1. The second-order valence-electron chi connectivity index (χ2n) is 8.06. The van der Waals surface area contributed by atoms with E-state index in [0.717, 1.165) is 33.8 Å². The Morgan fingerprint density at radius 3 is 2.38 bits per heavy atom. The molecule has 1 amide bonds. The lowest BCUT2D eigenvalue weighted by Gasteiger charge is -2.09. The van der Waals surface area contributed by atoms with Gasteiger partial charge in [0.2, 0.25) is 5.91 Å². The maximum absolute atomic E-state index is 12.9. The Bertz CT molecular complexity index is 1380. The number of ether oxygens (including phenoxy) is 2. The van der Waals surface area contributed by atoms with Gasteiger partial charge in [-0.3, -0.25) is 4.79 Å². The van der Waals surface area contributed by atoms with Crippen LogP contribution in [0.4, 0.5) is 5.00 Å². The summed E-state index contributed by atoms with van der Waals surface area (Å²) in [6.07, 6.45) is 0. The maximum atomic E-state index is 12.9. The molecule has 192 valence electrons. The molecule has 0 bridgehead atoms. The molecule has 1 N–H and O–H groups in total. The summed E-state index contributed by atoms with van der Waals surface area (Å²) in [6.45, 7) is 7.21. The van der Waals surface area contributed by atoms with Gasteiger partial charge in [0.25, 0.3) is 0 Å². The zero-order chi connectivity index (χ0) is 26.4. The Balaban J connectivity index is 1.48. The van der Waals surface area contributed by atoms with Crippen LogP contribution in [0.1, 0.15) is 29.8 Å². The van der Waals surface area contributed by atoms with Crippen LogP contribution < -0.4 is 10.1 Å². The zero-order valence-electron chi connectivity index (χ0n) is 21.1. The maximum Gasteiger partial charge on any atom is 0.341 e. The van der Waals surface area contributed by atoms with Gasteiger partial charge in [-0.15, -0.1) is 21.5 Å². The molecule has 0 aliphatic rings. The van der Waals surface area contributed by atoms with Gasteiger partial charge in [-0.2, -0.15) is 0 Å². The summed E-state index contributed by atoms with van der Waals surface area (Å²) in [5.41, 5.74) is 4.00. The van der Waals surface area contributed by atoms with Gasteiger partial charge in [0.05, 0.1) is 19.5 Å². The van der Waals surface area contributed by atoms with Crippen molar-refractivity contribution in [3.8, 4) is 28.3 Å². The van der Waals surface area contributed by atoms with Crippen molar-refractivity contribution in [3.63, 3.8) is 0 Å². The minimum absolute atomic E-state index is 0.111. The average Bonchev–Trinajstić information content (AvgIpc) is 3.52. The molecule has 0 atom stereocenters. The molecule has 0 fully saturated rings. The molecular weight excluding hydrogens is 508 g/mol. The highest BCUT2D eigenvalue weighted by molar-refractivity contribution is 7.99. The van der Waals surface area contributed by atoms with E-state index < -0.39 is 5.97 Å². The molecule has 4 aromatic rings. The second-order valence-corrected chi connectivity index (χ2v) is 9.88. The number of thioether (sulfide) groups is 1. The van der Waals surface area contributed by atoms with Crippen LogP contribution in [0.15, 0.2) is 59.1 Å². The highest BCUT2D eigenvalue weighted by atomic mass is 32.2. The Hall–Kier alpha value is -3.63. The number of amides is 1. The molecule has 0 aliphatic carbocycles. The number of hydrogen-bond donors (Lipinski definition) is 1. The van der Waals surface area contributed by atoms with Crippen LogP contribution in [0.2, 0.25) is 0 Å². The van der Waals surface area contributed by atoms with Crippen molar-refractivity contribution in [2.45, 2.75) is 32.5 Å². The molecule has 2 aromatic heterocycles. The number of methoxy groups -OCH3 is 1. The SMILES string of the molecule is CCOc1ccc(-c2nnc(SCC(=O)Nc3scc(-c4ccc(C)cc4)c3C(=O)OC)n2CC)cc1. The predicted molar refractivity (Wildman–Crippen MR) is 147 cm³/mol. The van der Waals surface area contributed by atoms with Crippen molar-refractivity contribution in [1.29, 1.82) is 0 Å². The largest absolute Gasteiger partial charge is 0.494 e. The van der Waals surface area contributed by atoms with Gasteiger partial charge in [-0.05, 0) is 50.6 Å². The van der Waals surface area contributed by atoms with Crippen LogP contribution in [-0.4, -0.2) is 46.1 Å².